The first-order valence-electron chi connectivity index (χ1n) is 9.55. The molecule has 0 heterocycles. The number of likely N-dealkylation sites (N-methyl/N-ethyl adjacent to an activating group) is 1. The van der Waals surface area contributed by atoms with Crippen LogP contribution in [0.1, 0.15) is 54.4 Å². The van der Waals surface area contributed by atoms with Crippen LogP contribution in [-0.2, 0) is 28.7 Å². The summed E-state index contributed by atoms with van der Waals surface area (Å²) < 4.78 is 4.76. The quantitative estimate of drug-likeness (QED) is 0.292. The lowest BCUT2D eigenvalue weighted by molar-refractivity contribution is -0.157. The molecule has 0 saturated heterocycles. The van der Waals surface area contributed by atoms with Crippen LogP contribution in [0.4, 0.5) is 0 Å². The molecule has 2 atom stereocenters. The zero-order chi connectivity index (χ0) is 21.9. The lowest BCUT2D eigenvalue weighted by Gasteiger charge is -2.26. The number of thioether (sulfide) groups is 1. The van der Waals surface area contributed by atoms with Gasteiger partial charge in [-0.2, -0.15) is 0 Å². The van der Waals surface area contributed by atoms with Crippen molar-refractivity contribution < 1.29 is 28.7 Å². The summed E-state index contributed by atoms with van der Waals surface area (Å²) in [5, 5.41) is 2.14. The second-order valence-electron chi connectivity index (χ2n) is 6.62. The van der Waals surface area contributed by atoms with Crippen molar-refractivity contribution in [3.63, 3.8) is 0 Å². The predicted octanol–water partition coefficient (Wildman–Crippen LogP) is 1.56. The van der Waals surface area contributed by atoms with Crippen LogP contribution in [0.5, 0.6) is 0 Å². The molecular weight excluding hydrogens is 384 g/mol. The molecule has 0 aliphatic heterocycles. The van der Waals surface area contributed by atoms with E-state index >= 15 is 0 Å². The molecule has 9 heteroatoms. The van der Waals surface area contributed by atoms with Crippen LogP contribution in [-0.4, -0.2) is 64.6 Å². The highest BCUT2D eigenvalue weighted by Gasteiger charge is 2.28. The van der Waals surface area contributed by atoms with Gasteiger partial charge in [0.1, 0.15) is 6.04 Å². The van der Waals surface area contributed by atoms with E-state index in [1.54, 1.807) is 25.7 Å². The smallest absolute Gasteiger partial charge is 0.375 e. The first kappa shape index (κ1) is 26.1. The van der Waals surface area contributed by atoms with E-state index in [2.05, 4.69) is 5.32 Å². The lowest BCUT2D eigenvalue weighted by Crippen LogP contribution is -2.51. The van der Waals surface area contributed by atoms with Crippen LogP contribution in [0.2, 0.25) is 0 Å². The average Bonchev–Trinajstić information content (AvgIpc) is 2.64. The standard InChI is InChI=1S/C19H32N2O6S/c1-7-13(6)17(24)20-14(18(25)21(8-2)9-3)11-28-16(23)10-15(22)19(26)27-12(4)5/h12-14H,7-11H2,1-6H3,(H,20,24). The number of hydrogen-bond donors (Lipinski definition) is 1. The van der Waals surface area contributed by atoms with Crippen molar-refractivity contribution in [1.29, 1.82) is 0 Å². The Morgan fingerprint density at radius 3 is 2.04 bits per heavy atom. The third-order valence-electron chi connectivity index (χ3n) is 4.04. The molecule has 0 aromatic rings. The summed E-state index contributed by atoms with van der Waals surface area (Å²) in [5.41, 5.74) is 0. The normalized spacial score (nSPS) is 12.8. The topological polar surface area (TPSA) is 110 Å². The van der Waals surface area contributed by atoms with Gasteiger partial charge in [0, 0.05) is 24.8 Å². The minimum Gasteiger partial charge on any atom is -0.457 e. The first-order valence-corrected chi connectivity index (χ1v) is 10.5. The molecule has 160 valence electrons. The highest BCUT2D eigenvalue weighted by molar-refractivity contribution is 8.13. The van der Waals surface area contributed by atoms with E-state index in [1.807, 2.05) is 20.8 Å². The fourth-order valence-corrected chi connectivity index (χ4v) is 2.95. The first-order chi connectivity index (χ1) is 13.1. The second kappa shape index (κ2) is 13.3. The third kappa shape index (κ3) is 9.34. The van der Waals surface area contributed by atoms with Gasteiger partial charge in [-0.15, -0.1) is 0 Å². The molecule has 0 aromatic carbocycles. The van der Waals surface area contributed by atoms with Crippen LogP contribution in [0.25, 0.3) is 0 Å². The largest absolute Gasteiger partial charge is 0.457 e. The van der Waals surface area contributed by atoms with Crippen LogP contribution in [0.15, 0.2) is 0 Å². The SMILES string of the molecule is CCC(C)C(=O)NC(CSC(=O)CC(=O)C(=O)OC(C)C)C(=O)N(CC)CC. The zero-order valence-corrected chi connectivity index (χ0v) is 18.4. The Kier molecular flexibility index (Phi) is 12.4. The number of rotatable bonds is 12. The molecular formula is C19H32N2O6S. The van der Waals surface area contributed by atoms with Gasteiger partial charge in [-0.25, -0.2) is 4.79 Å². The van der Waals surface area contributed by atoms with Gasteiger partial charge in [0.2, 0.25) is 17.6 Å². The number of carbonyl (C=O) groups is 5. The van der Waals surface area contributed by atoms with Gasteiger partial charge in [-0.05, 0) is 34.1 Å². The molecule has 1 N–H and O–H groups in total. The molecule has 0 aliphatic carbocycles. The van der Waals surface area contributed by atoms with Gasteiger partial charge in [0.25, 0.3) is 0 Å². The maximum Gasteiger partial charge on any atom is 0.375 e. The summed E-state index contributed by atoms with van der Waals surface area (Å²) in [6.07, 6.45) is -0.441. The molecule has 0 saturated carbocycles. The van der Waals surface area contributed by atoms with Crippen molar-refractivity contribution >= 4 is 40.4 Å². The molecule has 8 nitrogen and oxygen atoms in total. The van der Waals surface area contributed by atoms with Crippen LogP contribution >= 0.6 is 11.8 Å². The van der Waals surface area contributed by atoms with Gasteiger partial charge < -0.3 is 15.0 Å². The Morgan fingerprint density at radius 2 is 1.57 bits per heavy atom. The van der Waals surface area contributed by atoms with Gasteiger partial charge >= 0.3 is 5.97 Å². The highest BCUT2D eigenvalue weighted by atomic mass is 32.2. The molecule has 0 aliphatic rings. The minimum absolute atomic E-state index is 0.0111. The molecule has 2 unspecified atom stereocenters. The number of hydrogen-bond acceptors (Lipinski definition) is 7. The van der Waals surface area contributed by atoms with Gasteiger partial charge in [0.15, 0.2) is 5.12 Å². The minimum atomic E-state index is -1.05. The Labute approximate surface area is 171 Å². The van der Waals surface area contributed by atoms with Crippen molar-refractivity contribution in [2.45, 2.75) is 66.5 Å². The summed E-state index contributed by atoms with van der Waals surface area (Å²) >= 11 is 0.747. The number of ether oxygens (including phenoxy) is 1. The zero-order valence-electron chi connectivity index (χ0n) is 17.6. The van der Waals surface area contributed by atoms with Crippen molar-refractivity contribution in [3.8, 4) is 0 Å². The molecule has 0 bridgehead atoms. The highest BCUT2D eigenvalue weighted by Crippen LogP contribution is 2.12. The summed E-state index contributed by atoms with van der Waals surface area (Å²) in [5.74, 6) is -2.81. The molecule has 2 amide bonds. The van der Waals surface area contributed by atoms with Crippen LogP contribution < -0.4 is 5.32 Å². The van der Waals surface area contributed by atoms with Gasteiger partial charge in [0.05, 0.1) is 12.5 Å². The fraction of sp³-hybridized carbons (Fsp3) is 0.737. The Hall–Kier alpha value is -1.90. The number of Topliss-reactive ketones (excluding diaryl/α,β-unsaturated/α-hetero) is 1. The van der Waals surface area contributed by atoms with Crippen molar-refractivity contribution in [1.82, 2.24) is 10.2 Å². The molecule has 0 rings (SSSR count). The van der Waals surface area contributed by atoms with E-state index in [0.29, 0.717) is 19.5 Å². The van der Waals surface area contributed by atoms with Crippen LogP contribution in [0.3, 0.4) is 0 Å². The fourth-order valence-electron chi connectivity index (χ4n) is 2.14. The molecule has 28 heavy (non-hydrogen) atoms. The molecule has 0 aromatic heterocycles. The average molecular weight is 417 g/mol. The summed E-state index contributed by atoms with van der Waals surface area (Å²) in [7, 11) is 0. The van der Waals surface area contributed by atoms with Crippen molar-refractivity contribution in [2.24, 2.45) is 5.92 Å². The number of nitrogens with one attached hydrogen (secondary N) is 1. The lowest BCUT2D eigenvalue weighted by atomic mass is 10.1. The molecule has 0 radical (unpaired) electrons. The number of amides is 2. The number of carbonyl (C=O) groups excluding carboxylic acids is 5. The molecule has 0 spiro atoms. The molecule has 0 fully saturated rings. The van der Waals surface area contributed by atoms with E-state index in [4.69, 9.17) is 4.74 Å². The summed E-state index contributed by atoms with van der Waals surface area (Å²) in [4.78, 5) is 61.7. The summed E-state index contributed by atoms with van der Waals surface area (Å²) in [6.45, 7) is 11.4. The van der Waals surface area contributed by atoms with E-state index in [1.165, 1.54) is 0 Å². The van der Waals surface area contributed by atoms with Crippen molar-refractivity contribution in [2.75, 3.05) is 18.8 Å². The van der Waals surface area contributed by atoms with Gasteiger partial charge in [-0.3, -0.25) is 19.2 Å². The van der Waals surface area contributed by atoms with E-state index in [0.717, 1.165) is 11.8 Å². The third-order valence-corrected chi connectivity index (χ3v) is 5.00. The number of esters is 1. The maximum absolute atomic E-state index is 12.7. The van der Waals surface area contributed by atoms with Gasteiger partial charge in [-0.1, -0.05) is 25.6 Å². The predicted molar refractivity (Wildman–Crippen MR) is 108 cm³/mol. The van der Waals surface area contributed by atoms with Crippen LogP contribution in [0, 0.1) is 5.92 Å². The van der Waals surface area contributed by atoms with Crippen molar-refractivity contribution in [3.05, 3.63) is 0 Å². The van der Waals surface area contributed by atoms with E-state index in [9.17, 15) is 24.0 Å². The monoisotopic (exact) mass is 416 g/mol. The second-order valence-corrected chi connectivity index (χ2v) is 7.70. The Bertz CT molecular complexity index is 575. The number of nitrogens with zero attached hydrogens (tertiary/aromatic N) is 1. The van der Waals surface area contributed by atoms with E-state index < -0.39 is 35.4 Å². The summed E-state index contributed by atoms with van der Waals surface area (Å²) in [6, 6.07) is -0.881. The number of ketones is 1. The Balaban J connectivity index is 4.96. The Morgan fingerprint density at radius 1 is 1.00 bits per heavy atom. The maximum atomic E-state index is 12.7. The van der Waals surface area contributed by atoms with E-state index in [-0.39, 0.29) is 23.5 Å².